The first-order chi connectivity index (χ1) is 12.1. The molecule has 132 valence electrons. The van der Waals surface area contributed by atoms with Crippen LogP contribution in [0.15, 0.2) is 35.6 Å². The van der Waals surface area contributed by atoms with Crippen LogP contribution in [0.5, 0.6) is 0 Å². The highest BCUT2D eigenvalue weighted by molar-refractivity contribution is 6.30. The minimum atomic E-state index is -0.378. The Morgan fingerprint density at radius 2 is 2.04 bits per heavy atom. The highest BCUT2D eigenvalue weighted by Gasteiger charge is 2.51. The van der Waals surface area contributed by atoms with Crippen LogP contribution in [0.2, 0.25) is 5.02 Å². The predicted molar refractivity (Wildman–Crippen MR) is 95.1 cm³/mol. The van der Waals surface area contributed by atoms with Crippen molar-refractivity contribution in [1.82, 2.24) is 4.90 Å². The Morgan fingerprint density at radius 3 is 2.80 bits per heavy atom. The van der Waals surface area contributed by atoms with Crippen LogP contribution in [0, 0.1) is 5.92 Å². The highest BCUT2D eigenvalue weighted by atomic mass is 35.5. The average molecular weight is 360 g/mol. The van der Waals surface area contributed by atoms with Gasteiger partial charge in [-0.05, 0) is 43.4 Å². The van der Waals surface area contributed by atoms with Gasteiger partial charge >= 0.3 is 0 Å². The molecule has 1 aliphatic carbocycles. The zero-order chi connectivity index (χ0) is 17.6. The summed E-state index contributed by atoms with van der Waals surface area (Å²) in [5, 5.41) is 0.607. The van der Waals surface area contributed by atoms with Gasteiger partial charge in [0.25, 0.3) is 5.91 Å². The van der Waals surface area contributed by atoms with E-state index < -0.39 is 0 Å². The van der Waals surface area contributed by atoms with Gasteiger partial charge < -0.3 is 9.64 Å². The molecular formula is C20H22ClNO3. The summed E-state index contributed by atoms with van der Waals surface area (Å²) in [6.45, 7) is 2.62. The Bertz CT molecular complexity index is 757. The molecular weight excluding hydrogens is 338 g/mol. The number of hydrogen-bond acceptors (Lipinski definition) is 3. The number of Topliss-reactive ketones (excluding diaryl/α,β-unsaturated/α-hetero) is 1. The van der Waals surface area contributed by atoms with Crippen molar-refractivity contribution in [2.75, 3.05) is 6.54 Å². The van der Waals surface area contributed by atoms with E-state index in [4.69, 9.17) is 16.3 Å². The summed E-state index contributed by atoms with van der Waals surface area (Å²) in [7, 11) is 0. The van der Waals surface area contributed by atoms with Crippen molar-refractivity contribution < 1.29 is 14.3 Å². The van der Waals surface area contributed by atoms with Crippen LogP contribution in [0.1, 0.15) is 50.6 Å². The van der Waals surface area contributed by atoms with Crippen molar-refractivity contribution in [2.24, 2.45) is 5.92 Å². The molecule has 4 rings (SSSR count). The van der Waals surface area contributed by atoms with E-state index in [0.717, 1.165) is 37.7 Å². The molecule has 25 heavy (non-hydrogen) atoms. The highest BCUT2D eigenvalue weighted by Crippen LogP contribution is 2.46. The molecule has 1 aromatic rings. The molecule has 0 spiro atoms. The lowest BCUT2D eigenvalue weighted by Crippen LogP contribution is -2.39. The molecule has 3 atom stereocenters. The van der Waals surface area contributed by atoms with Gasteiger partial charge in [0.05, 0.1) is 17.5 Å². The van der Waals surface area contributed by atoms with E-state index >= 15 is 0 Å². The molecule has 0 saturated heterocycles. The maximum atomic E-state index is 13.3. The molecule has 1 fully saturated rings. The van der Waals surface area contributed by atoms with Gasteiger partial charge in [-0.2, -0.15) is 0 Å². The zero-order valence-corrected chi connectivity index (χ0v) is 15.1. The van der Waals surface area contributed by atoms with E-state index in [0.29, 0.717) is 17.1 Å². The number of benzene rings is 1. The van der Waals surface area contributed by atoms with Gasteiger partial charge in [-0.3, -0.25) is 9.59 Å². The summed E-state index contributed by atoms with van der Waals surface area (Å²) >= 11 is 6.17. The quantitative estimate of drug-likeness (QED) is 0.818. The van der Waals surface area contributed by atoms with Crippen LogP contribution in [-0.4, -0.2) is 29.2 Å². The summed E-state index contributed by atoms with van der Waals surface area (Å²) in [6.07, 6.45) is 4.51. The number of halogens is 1. The fourth-order valence-electron chi connectivity index (χ4n) is 4.39. The van der Waals surface area contributed by atoms with E-state index in [2.05, 4.69) is 0 Å². The van der Waals surface area contributed by atoms with Gasteiger partial charge in [0.15, 0.2) is 11.5 Å². The number of ether oxygens (including phenoxy) is 1. The fourth-order valence-corrected chi connectivity index (χ4v) is 4.59. The van der Waals surface area contributed by atoms with Crippen molar-refractivity contribution in [3.63, 3.8) is 0 Å². The Labute approximate surface area is 152 Å². The number of carbonyl (C=O) groups excluding carboxylic acids is 2. The zero-order valence-electron chi connectivity index (χ0n) is 14.3. The lowest BCUT2D eigenvalue weighted by molar-refractivity contribution is -0.135. The molecule has 0 N–H and O–H groups in total. The predicted octanol–water partition coefficient (Wildman–Crippen LogP) is 4.05. The topological polar surface area (TPSA) is 46.6 Å². The summed E-state index contributed by atoms with van der Waals surface area (Å²) in [4.78, 5) is 28.0. The number of ketones is 1. The Morgan fingerprint density at radius 1 is 1.24 bits per heavy atom. The second-order valence-electron chi connectivity index (χ2n) is 7.11. The summed E-state index contributed by atoms with van der Waals surface area (Å²) in [5.41, 5.74) is 1.43. The first-order valence-corrected chi connectivity index (χ1v) is 9.51. The van der Waals surface area contributed by atoms with Crippen LogP contribution in [0.25, 0.3) is 0 Å². The largest absolute Gasteiger partial charge is 0.483 e. The molecule has 4 nitrogen and oxygen atoms in total. The van der Waals surface area contributed by atoms with Crippen molar-refractivity contribution in [3.05, 3.63) is 46.2 Å². The SMILES string of the molecule is CCCN1C(=O)C2=C(C(=O)C3CCCCC3O2)C1c1cccc(Cl)c1. The van der Waals surface area contributed by atoms with Crippen LogP contribution in [0.3, 0.4) is 0 Å². The summed E-state index contributed by atoms with van der Waals surface area (Å²) < 4.78 is 6.09. The second kappa shape index (κ2) is 6.49. The molecule has 2 aliphatic heterocycles. The molecule has 2 heterocycles. The van der Waals surface area contributed by atoms with Gasteiger partial charge in [0, 0.05) is 11.6 Å². The van der Waals surface area contributed by atoms with E-state index in [1.807, 2.05) is 25.1 Å². The number of amides is 1. The van der Waals surface area contributed by atoms with Gasteiger partial charge in [0.2, 0.25) is 0 Å². The monoisotopic (exact) mass is 359 g/mol. The molecule has 0 bridgehead atoms. The average Bonchev–Trinajstić information content (AvgIpc) is 2.89. The van der Waals surface area contributed by atoms with Crippen LogP contribution >= 0.6 is 11.6 Å². The van der Waals surface area contributed by atoms with Crippen molar-refractivity contribution >= 4 is 23.3 Å². The number of hydrogen-bond donors (Lipinski definition) is 0. The lowest BCUT2D eigenvalue weighted by atomic mass is 9.77. The van der Waals surface area contributed by atoms with Crippen LogP contribution < -0.4 is 0 Å². The van der Waals surface area contributed by atoms with Gasteiger partial charge in [-0.1, -0.05) is 37.1 Å². The Kier molecular flexibility index (Phi) is 4.32. The number of carbonyl (C=O) groups is 2. The second-order valence-corrected chi connectivity index (χ2v) is 7.55. The smallest absolute Gasteiger partial charge is 0.290 e. The molecule has 3 aliphatic rings. The Hall–Kier alpha value is -1.81. The van der Waals surface area contributed by atoms with E-state index in [1.165, 1.54) is 0 Å². The molecule has 1 aromatic carbocycles. The Balaban J connectivity index is 1.80. The number of fused-ring (bicyclic) bond motifs is 1. The molecule has 0 radical (unpaired) electrons. The van der Waals surface area contributed by atoms with E-state index in [1.54, 1.807) is 11.0 Å². The van der Waals surface area contributed by atoms with Crippen molar-refractivity contribution in [3.8, 4) is 0 Å². The molecule has 1 amide bonds. The number of rotatable bonds is 3. The standard InChI is InChI=1S/C20H22ClNO3/c1-2-10-22-17(12-6-5-7-13(21)11-12)16-18(23)14-8-3-4-9-15(14)25-19(16)20(22)24/h5-7,11,14-15,17H,2-4,8-10H2,1H3. The third-order valence-corrected chi connectivity index (χ3v) is 5.72. The van der Waals surface area contributed by atoms with E-state index in [9.17, 15) is 9.59 Å². The molecule has 5 heteroatoms. The lowest BCUT2D eigenvalue weighted by Gasteiger charge is -2.35. The minimum Gasteiger partial charge on any atom is -0.483 e. The molecule has 1 saturated carbocycles. The summed E-state index contributed by atoms with van der Waals surface area (Å²) in [6, 6.07) is 7.07. The minimum absolute atomic E-state index is 0.0999. The third-order valence-electron chi connectivity index (χ3n) is 5.49. The van der Waals surface area contributed by atoms with Crippen molar-refractivity contribution in [2.45, 2.75) is 51.2 Å². The molecule has 3 unspecified atom stereocenters. The first-order valence-electron chi connectivity index (χ1n) is 9.13. The number of nitrogens with zero attached hydrogens (tertiary/aromatic N) is 1. The fraction of sp³-hybridized carbons (Fsp3) is 0.500. The van der Waals surface area contributed by atoms with E-state index in [-0.39, 0.29) is 35.5 Å². The maximum Gasteiger partial charge on any atom is 0.290 e. The van der Waals surface area contributed by atoms with Crippen LogP contribution in [-0.2, 0) is 14.3 Å². The van der Waals surface area contributed by atoms with Crippen molar-refractivity contribution in [1.29, 1.82) is 0 Å². The van der Waals surface area contributed by atoms with Crippen LogP contribution in [0.4, 0.5) is 0 Å². The first kappa shape index (κ1) is 16.6. The maximum absolute atomic E-state index is 13.3. The van der Waals surface area contributed by atoms with Gasteiger partial charge in [0.1, 0.15) is 6.10 Å². The van der Waals surface area contributed by atoms with Gasteiger partial charge in [-0.25, -0.2) is 0 Å². The van der Waals surface area contributed by atoms with Gasteiger partial charge in [-0.15, -0.1) is 0 Å². The molecule has 0 aromatic heterocycles. The summed E-state index contributed by atoms with van der Waals surface area (Å²) in [5.74, 6) is 0.122. The third kappa shape index (κ3) is 2.67. The normalized spacial score (nSPS) is 28.7.